The molecule has 0 radical (unpaired) electrons. The predicted molar refractivity (Wildman–Crippen MR) is 139 cm³/mol. The van der Waals surface area contributed by atoms with E-state index < -0.39 is 28.0 Å². The smallest absolute Gasteiger partial charge is 0.237 e. The summed E-state index contributed by atoms with van der Waals surface area (Å²) in [6.45, 7) is 0.272. The van der Waals surface area contributed by atoms with Crippen molar-refractivity contribution < 1.29 is 17.9 Å². The summed E-state index contributed by atoms with van der Waals surface area (Å²) in [6, 6.07) is 19.4. The average molecular weight is 534 g/mol. The van der Waals surface area contributed by atoms with Crippen LogP contribution in [-0.2, 0) is 14.8 Å². The van der Waals surface area contributed by atoms with Gasteiger partial charge >= 0.3 is 0 Å². The average Bonchev–Trinajstić information content (AvgIpc) is 2.79. The van der Waals surface area contributed by atoms with Crippen LogP contribution in [0.3, 0.4) is 0 Å². The van der Waals surface area contributed by atoms with Crippen LogP contribution in [0.2, 0.25) is 10.0 Å². The summed E-state index contributed by atoms with van der Waals surface area (Å²) in [5.74, 6) is -0.117. The van der Waals surface area contributed by atoms with E-state index in [1.165, 1.54) is 11.4 Å². The molecule has 1 fully saturated rings. The van der Waals surface area contributed by atoms with Gasteiger partial charge in [-0.2, -0.15) is 0 Å². The third-order valence-corrected chi connectivity index (χ3v) is 7.78. The number of nitrogens with zero attached hydrogens (tertiary/aromatic N) is 2. The standard InChI is InChI=1S/C25H25Cl2N3O4S/c1-34-21-5-3-4-20(14-21)30(35(2,32)33)22-15-29(24(22)25(28)31)23(16-6-10-18(26)11-7-16)17-8-12-19(27)13-9-17/h3-14,22-24H,15H2,1-2H3,(H2,28,31). The number of rotatable bonds is 8. The Kier molecular flexibility index (Phi) is 7.28. The molecule has 0 spiro atoms. The number of benzene rings is 3. The van der Waals surface area contributed by atoms with E-state index in [-0.39, 0.29) is 12.6 Å². The van der Waals surface area contributed by atoms with Gasteiger partial charge in [0.25, 0.3) is 0 Å². The summed E-state index contributed by atoms with van der Waals surface area (Å²) >= 11 is 12.2. The van der Waals surface area contributed by atoms with Crippen molar-refractivity contribution in [1.29, 1.82) is 0 Å². The van der Waals surface area contributed by atoms with Gasteiger partial charge in [0.15, 0.2) is 0 Å². The fourth-order valence-corrected chi connectivity index (χ4v) is 6.00. The SMILES string of the molecule is COc1cccc(N(C2CN(C(c3ccc(Cl)cc3)c3ccc(Cl)cc3)C2C(N)=O)S(C)(=O)=O)c1. The molecule has 3 aromatic carbocycles. The first-order valence-corrected chi connectivity index (χ1v) is 13.4. The van der Waals surface area contributed by atoms with Crippen molar-refractivity contribution in [3.05, 3.63) is 94.0 Å². The van der Waals surface area contributed by atoms with Crippen LogP contribution in [0.25, 0.3) is 0 Å². The van der Waals surface area contributed by atoms with E-state index in [1.807, 2.05) is 29.2 Å². The molecule has 7 nitrogen and oxygen atoms in total. The Morgan fingerprint density at radius 1 is 1.03 bits per heavy atom. The molecule has 10 heteroatoms. The zero-order valence-electron chi connectivity index (χ0n) is 19.1. The van der Waals surface area contributed by atoms with Gasteiger partial charge in [-0.15, -0.1) is 0 Å². The minimum absolute atomic E-state index is 0.272. The maximum Gasteiger partial charge on any atom is 0.237 e. The Bertz CT molecular complexity index is 1270. The lowest BCUT2D eigenvalue weighted by atomic mass is 9.87. The largest absolute Gasteiger partial charge is 0.497 e. The Hall–Kier alpha value is -2.78. The molecule has 2 unspecified atom stereocenters. The van der Waals surface area contributed by atoms with Gasteiger partial charge in [0.2, 0.25) is 15.9 Å². The second kappa shape index (κ2) is 10.1. The predicted octanol–water partition coefficient (Wildman–Crippen LogP) is 4.10. The molecule has 2 N–H and O–H groups in total. The summed E-state index contributed by atoms with van der Waals surface area (Å²) in [4.78, 5) is 14.7. The van der Waals surface area contributed by atoms with Crippen molar-refractivity contribution in [2.75, 3.05) is 24.2 Å². The molecule has 1 saturated heterocycles. The van der Waals surface area contributed by atoms with Crippen molar-refractivity contribution in [3.63, 3.8) is 0 Å². The van der Waals surface area contributed by atoms with E-state index in [1.54, 1.807) is 48.5 Å². The van der Waals surface area contributed by atoms with Crippen LogP contribution >= 0.6 is 23.2 Å². The van der Waals surface area contributed by atoms with Crippen molar-refractivity contribution in [2.45, 2.75) is 18.1 Å². The monoisotopic (exact) mass is 533 g/mol. The Labute approximate surface area is 215 Å². The van der Waals surface area contributed by atoms with Crippen LogP contribution in [0, 0.1) is 0 Å². The number of amides is 1. The second-order valence-electron chi connectivity index (χ2n) is 8.38. The molecule has 0 saturated carbocycles. The molecule has 35 heavy (non-hydrogen) atoms. The lowest BCUT2D eigenvalue weighted by Gasteiger charge is -2.53. The normalized spacial score (nSPS) is 18.2. The zero-order valence-corrected chi connectivity index (χ0v) is 21.5. The van der Waals surface area contributed by atoms with E-state index in [9.17, 15) is 13.2 Å². The van der Waals surface area contributed by atoms with Crippen LogP contribution in [0.5, 0.6) is 5.75 Å². The fraction of sp³-hybridized carbons (Fsp3) is 0.240. The molecule has 3 aromatic rings. The van der Waals surface area contributed by atoms with Crippen molar-refractivity contribution >= 4 is 44.8 Å². The number of likely N-dealkylation sites (tertiary alicyclic amines) is 1. The van der Waals surface area contributed by atoms with Crippen molar-refractivity contribution in [1.82, 2.24) is 4.90 Å². The highest BCUT2D eigenvalue weighted by atomic mass is 35.5. The molecule has 4 rings (SSSR count). The molecule has 1 heterocycles. The van der Waals surface area contributed by atoms with E-state index >= 15 is 0 Å². The number of nitrogens with two attached hydrogens (primary N) is 1. The number of carbonyl (C=O) groups excluding carboxylic acids is 1. The number of hydrogen-bond donors (Lipinski definition) is 1. The summed E-state index contributed by atoms with van der Waals surface area (Å²) < 4.78 is 32.3. The van der Waals surface area contributed by atoms with Crippen molar-refractivity contribution in [3.8, 4) is 5.75 Å². The first-order valence-electron chi connectivity index (χ1n) is 10.8. The van der Waals surface area contributed by atoms with Gasteiger partial charge in [0.1, 0.15) is 11.8 Å². The van der Waals surface area contributed by atoms with Gasteiger partial charge in [-0.1, -0.05) is 53.5 Å². The van der Waals surface area contributed by atoms with Gasteiger partial charge in [0.05, 0.1) is 31.1 Å². The highest BCUT2D eigenvalue weighted by molar-refractivity contribution is 7.92. The lowest BCUT2D eigenvalue weighted by molar-refractivity contribution is -0.130. The molecular weight excluding hydrogens is 509 g/mol. The quantitative estimate of drug-likeness (QED) is 0.470. The molecule has 1 aliphatic heterocycles. The number of carbonyl (C=O) groups is 1. The molecule has 1 aliphatic rings. The number of hydrogen-bond acceptors (Lipinski definition) is 5. The minimum atomic E-state index is -3.75. The third kappa shape index (κ3) is 5.26. The molecule has 184 valence electrons. The van der Waals surface area contributed by atoms with Gasteiger partial charge in [0, 0.05) is 22.7 Å². The highest BCUT2D eigenvalue weighted by Gasteiger charge is 2.51. The van der Waals surface area contributed by atoms with Gasteiger partial charge in [-0.05, 0) is 47.5 Å². The third-order valence-electron chi connectivity index (χ3n) is 6.08. The molecule has 2 atom stereocenters. The number of anilines is 1. The molecular formula is C25H25Cl2N3O4S. The van der Waals surface area contributed by atoms with Crippen LogP contribution in [-0.4, -0.2) is 51.2 Å². The first kappa shape index (κ1) is 25.3. The minimum Gasteiger partial charge on any atom is -0.497 e. The lowest BCUT2D eigenvalue weighted by Crippen LogP contribution is -2.72. The van der Waals surface area contributed by atoms with E-state index in [4.69, 9.17) is 33.7 Å². The van der Waals surface area contributed by atoms with Gasteiger partial charge in [-0.25, -0.2) is 8.42 Å². The van der Waals surface area contributed by atoms with E-state index in [0.717, 1.165) is 17.4 Å². The molecule has 0 aliphatic carbocycles. The molecule has 0 bridgehead atoms. The van der Waals surface area contributed by atoms with Crippen molar-refractivity contribution in [2.24, 2.45) is 5.73 Å². The van der Waals surface area contributed by atoms with Gasteiger partial charge < -0.3 is 10.5 Å². The van der Waals surface area contributed by atoms with Crippen LogP contribution in [0.15, 0.2) is 72.8 Å². The topological polar surface area (TPSA) is 92.9 Å². The number of ether oxygens (including phenoxy) is 1. The summed E-state index contributed by atoms with van der Waals surface area (Å²) in [6.07, 6.45) is 1.11. The zero-order chi connectivity index (χ0) is 25.3. The second-order valence-corrected chi connectivity index (χ2v) is 11.1. The number of primary amides is 1. The summed E-state index contributed by atoms with van der Waals surface area (Å²) in [7, 11) is -2.25. The van der Waals surface area contributed by atoms with Crippen LogP contribution in [0.1, 0.15) is 17.2 Å². The van der Waals surface area contributed by atoms with Crippen LogP contribution < -0.4 is 14.8 Å². The number of sulfonamides is 1. The Balaban J connectivity index is 1.77. The van der Waals surface area contributed by atoms with E-state index in [2.05, 4.69) is 0 Å². The summed E-state index contributed by atoms with van der Waals surface area (Å²) in [5, 5.41) is 1.16. The first-order chi connectivity index (χ1) is 16.6. The van der Waals surface area contributed by atoms with Crippen LogP contribution in [0.4, 0.5) is 5.69 Å². The van der Waals surface area contributed by atoms with Gasteiger partial charge in [-0.3, -0.25) is 14.0 Å². The Morgan fingerprint density at radius 3 is 2.03 bits per heavy atom. The maximum absolute atomic E-state index is 12.9. The number of methoxy groups -OCH3 is 1. The molecule has 1 amide bonds. The fourth-order valence-electron chi connectivity index (χ4n) is 4.58. The van der Waals surface area contributed by atoms with E-state index in [0.29, 0.717) is 21.5 Å². The Morgan fingerprint density at radius 2 is 1.57 bits per heavy atom. The maximum atomic E-state index is 12.9. The highest BCUT2D eigenvalue weighted by Crippen LogP contribution is 2.40. The number of halogens is 2. The molecule has 0 aromatic heterocycles. The summed E-state index contributed by atoms with van der Waals surface area (Å²) in [5.41, 5.74) is 8.03.